The van der Waals surface area contributed by atoms with Crippen molar-refractivity contribution in [2.45, 2.75) is 17.9 Å². The fourth-order valence-electron chi connectivity index (χ4n) is 1.86. The van der Waals surface area contributed by atoms with Crippen LogP contribution in [0.5, 0.6) is 0 Å². The number of nitrogens with two attached hydrogens (primary N) is 1. The van der Waals surface area contributed by atoms with Crippen LogP contribution in [0.25, 0.3) is 10.9 Å². The molecule has 0 aliphatic rings. The van der Waals surface area contributed by atoms with Crippen molar-refractivity contribution in [2.24, 2.45) is 5.84 Å². The Labute approximate surface area is 123 Å². The lowest BCUT2D eigenvalue weighted by molar-refractivity contribution is 0.214. The van der Waals surface area contributed by atoms with Crippen molar-refractivity contribution in [1.29, 1.82) is 0 Å². The van der Waals surface area contributed by atoms with Gasteiger partial charge in [-0.25, -0.2) is 19.2 Å². The van der Waals surface area contributed by atoms with Gasteiger partial charge in [0, 0.05) is 18.5 Å². The number of aromatic nitrogens is 1. The predicted molar refractivity (Wildman–Crippen MR) is 81.0 cm³/mol. The van der Waals surface area contributed by atoms with Gasteiger partial charge < -0.3 is 10.5 Å². The van der Waals surface area contributed by atoms with Crippen LogP contribution in [0.15, 0.2) is 35.2 Å². The molecular formula is C13H18N4O3S. The van der Waals surface area contributed by atoms with Gasteiger partial charge in [-0.05, 0) is 37.3 Å². The summed E-state index contributed by atoms with van der Waals surface area (Å²) in [5.74, 6) is 5.79. The van der Waals surface area contributed by atoms with Crippen LogP contribution in [0.2, 0.25) is 0 Å². The molecule has 0 radical (unpaired) electrons. The number of sulfonamides is 1. The zero-order valence-corrected chi connectivity index (χ0v) is 12.6. The third-order valence-corrected chi connectivity index (χ3v) is 5.34. The van der Waals surface area contributed by atoms with E-state index in [2.05, 4.69) is 10.4 Å². The highest BCUT2D eigenvalue weighted by Gasteiger charge is 2.25. The van der Waals surface area contributed by atoms with E-state index < -0.39 is 16.1 Å². The second kappa shape index (κ2) is 5.94. The van der Waals surface area contributed by atoms with E-state index in [-0.39, 0.29) is 11.5 Å². The van der Waals surface area contributed by atoms with Gasteiger partial charge in [-0.15, -0.1) is 0 Å². The molecule has 114 valence electrons. The number of hydrazine groups is 1. The largest absolute Gasteiger partial charge is 0.395 e. The van der Waals surface area contributed by atoms with E-state index >= 15 is 0 Å². The Morgan fingerprint density at radius 1 is 1.38 bits per heavy atom. The molecule has 1 aromatic heterocycles. The Morgan fingerprint density at radius 2 is 2.10 bits per heavy atom. The number of nitrogen functional groups attached to an aromatic ring is 1. The first-order chi connectivity index (χ1) is 9.90. The number of rotatable bonds is 5. The number of fused-ring (bicyclic) bond motifs is 1. The minimum Gasteiger partial charge on any atom is -0.395 e. The SMILES string of the molecule is CC(CO)N(C)S(=O)(=O)c1ccc2nc(NN)ccc2c1. The molecule has 1 atom stereocenters. The maximum atomic E-state index is 12.5. The van der Waals surface area contributed by atoms with Crippen molar-refractivity contribution >= 4 is 26.7 Å². The van der Waals surface area contributed by atoms with Gasteiger partial charge in [0.15, 0.2) is 0 Å². The highest BCUT2D eigenvalue weighted by atomic mass is 32.2. The van der Waals surface area contributed by atoms with Gasteiger partial charge in [-0.1, -0.05) is 0 Å². The minimum absolute atomic E-state index is 0.160. The van der Waals surface area contributed by atoms with Crippen molar-refractivity contribution in [3.8, 4) is 0 Å². The van der Waals surface area contributed by atoms with E-state index in [4.69, 9.17) is 10.9 Å². The number of aliphatic hydroxyl groups is 1. The lowest BCUT2D eigenvalue weighted by Crippen LogP contribution is -2.37. The van der Waals surface area contributed by atoms with Crippen molar-refractivity contribution in [3.05, 3.63) is 30.3 Å². The molecular weight excluding hydrogens is 292 g/mol. The summed E-state index contributed by atoms with van der Waals surface area (Å²) in [5, 5.41) is 9.80. The lowest BCUT2D eigenvalue weighted by Gasteiger charge is -2.22. The summed E-state index contributed by atoms with van der Waals surface area (Å²) in [6.07, 6.45) is 0. The number of benzene rings is 1. The first-order valence-electron chi connectivity index (χ1n) is 6.36. The Hall–Kier alpha value is -1.74. The number of pyridine rings is 1. The highest BCUT2D eigenvalue weighted by molar-refractivity contribution is 7.89. The number of likely N-dealkylation sites (N-methyl/N-ethyl adjacent to an activating group) is 1. The van der Waals surface area contributed by atoms with Crippen LogP contribution in [0.3, 0.4) is 0 Å². The van der Waals surface area contributed by atoms with Crippen LogP contribution in [0.1, 0.15) is 6.92 Å². The summed E-state index contributed by atoms with van der Waals surface area (Å²) >= 11 is 0. The van der Waals surface area contributed by atoms with Crippen LogP contribution in [0.4, 0.5) is 5.82 Å². The zero-order valence-electron chi connectivity index (χ0n) is 11.8. The summed E-state index contributed by atoms with van der Waals surface area (Å²) in [7, 11) is -2.21. The molecule has 1 unspecified atom stereocenters. The first kappa shape index (κ1) is 15.6. The third kappa shape index (κ3) is 2.98. The van der Waals surface area contributed by atoms with Gasteiger partial charge in [-0.2, -0.15) is 4.31 Å². The number of hydrogen-bond acceptors (Lipinski definition) is 6. The number of nitrogens with zero attached hydrogens (tertiary/aromatic N) is 2. The second-order valence-electron chi connectivity index (χ2n) is 4.75. The minimum atomic E-state index is -3.65. The van der Waals surface area contributed by atoms with Crippen molar-refractivity contribution in [2.75, 3.05) is 19.1 Å². The van der Waals surface area contributed by atoms with Gasteiger partial charge in [0.05, 0.1) is 17.0 Å². The summed E-state index contributed by atoms with van der Waals surface area (Å²) in [6, 6.07) is 7.59. The molecule has 1 aromatic carbocycles. The normalized spacial score (nSPS) is 13.6. The maximum Gasteiger partial charge on any atom is 0.243 e. The molecule has 2 aromatic rings. The smallest absolute Gasteiger partial charge is 0.243 e. The van der Waals surface area contributed by atoms with Crippen LogP contribution >= 0.6 is 0 Å². The van der Waals surface area contributed by atoms with Crippen molar-refractivity contribution < 1.29 is 13.5 Å². The van der Waals surface area contributed by atoms with Gasteiger partial charge in [0.25, 0.3) is 0 Å². The molecule has 21 heavy (non-hydrogen) atoms. The molecule has 1 heterocycles. The second-order valence-corrected chi connectivity index (χ2v) is 6.75. The van der Waals surface area contributed by atoms with E-state index in [9.17, 15) is 8.42 Å². The Kier molecular flexibility index (Phi) is 4.43. The van der Waals surface area contributed by atoms with E-state index in [1.54, 1.807) is 31.2 Å². The van der Waals surface area contributed by atoms with Crippen LogP contribution in [-0.4, -0.2) is 42.5 Å². The number of anilines is 1. The quantitative estimate of drug-likeness (QED) is 0.549. The summed E-state index contributed by atoms with van der Waals surface area (Å²) < 4.78 is 26.1. The predicted octanol–water partition coefficient (Wildman–Crippen LogP) is 0.522. The molecule has 0 aliphatic heterocycles. The lowest BCUT2D eigenvalue weighted by atomic mass is 10.2. The average Bonchev–Trinajstić information content (AvgIpc) is 2.52. The van der Waals surface area contributed by atoms with E-state index in [0.29, 0.717) is 16.7 Å². The molecule has 0 fully saturated rings. The standard InChI is InChI=1S/C13H18N4O3S/c1-9(8-18)17(2)21(19,20)11-4-5-12-10(7-11)3-6-13(15-12)16-14/h3-7,9,18H,8,14H2,1-2H3,(H,15,16). The van der Waals surface area contributed by atoms with E-state index in [1.807, 2.05) is 0 Å². The van der Waals surface area contributed by atoms with Gasteiger partial charge in [0.2, 0.25) is 10.0 Å². The van der Waals surface area contributed by atoms with Crippen LogP contribution < -0.4 is 11.3 Å². The molecule has 4 N–H and O–H groups in total. The van der Waals surface area contributed by atoms with Gasteiger partial charge in [-0.3, -0.25) is 0 Å². The number of nitrogens with one attached hydrogen (secondary N) is 1. The number of hydrogen-bond donors (Lipinski definition) is 3. The van der Waals surface area contributed by atoms with E-state index in [1.165, 1.54) is 13.1 Å². The molecule has 2 rings (SSSR count). The van der Waals surface area contributed by atoms with Crippen LogP contribution in [-0.2, 0) is 10.0 Å². The summed E-state index contributed by atoms with van der Waals surface area (Å²) in [6.45, 7) is 1.40. The van der Waals surface area contributed by atoms with Crippen molar-refractivity contribution in [1.82, 2.24) is 9.29 Å². The maximum absolute atomic E-state index is 12.5. The summed E-state index contributed by atoms with van der Waals surface area (Å²) in [5.41, 5.74) is 3.08. The first-order valence-corrected chi connectivity index (χ1v) is 7.80. The van der Waals surface area contributed by atoms with Gasteiger partial charge >= 0.3 is 0 Å². The Bertz CT molecular complexity index is 748. The molecule has 0 aliphatic carbocycles. The molecule has 7 nitrogen and oxygen atoms in total. The molecule has 0 amide bonds. The molecule has 0 saturated carbocycles. The Morgan fingerprint density at radius 3 is 2.71 bits per heavy atom. The molecule has 0 bridgehead atoms. The van der Waals surface area contributed by atoms with Crippen molar-refractivity contribution in [3.63, 3.8) is 0 Å². The Balaban J connectivity index is 2.47. The topological polar surface area (TPSA) is 109 Å². The molecule has 0 spiro atoms. The third-order valence-electron chi connectivity index (χ3n) is 3.37. The fraction of sp³-hybridized carbons (Fsp3) is 0.308. The van der Waals surface area contributed by atoms with Gasteiger partial charge in [0.1, 0.15) is 5.82 Å². The van der Waals surface area contributed by atoms with E-state index in [0.717, 1.165) is 4.31 Å². The number of aliphatic hydroxyl groups excluding tert-OH is 1. The summed E-state index contributed by atoms with van der Waals surface area (Å²) in [4.78, 5) is 4.39. The fourth-order valence-corrected chi connectivity index (χ4v) is 3.25. The molecule has 8 heteroatoms. The average molecular weight is 310 g/mol. The highest BCUT2D eigenvalue weighted by Crippen LogP contribution is 2.22. The molecule has 0 saturated heterocycles. The monoisotopic (exact) mass is 310 g/mol. The zero-order chi connectivity index (χ0) is 15.6. The van der Waals surface area contributed by atoms with Crippen LogP contribution in [0, 0.1) is 0 Å².